The fourth-order valence-corrected chi connectivity index (χ4v) is 18.2. The fraction of sp³-hybridized carbons (Fsp3) is 0.0400. The lowest BCUT2D eigenvalue weighted by molar-refractivity contribution is 0.470. The Hall–Kier alpha value is -13.6. The molecule has 0 spiro atoms. The Labute approximate surface area is 627 Å². The van der Waals surface area contributed by atoms with E-state index in [2.05, 4.69) is 387 Å². The number of hydrogen-bond donors (Lipinski definition) is 0. The van der Waals surface area contributed by atoms with Crippen molar-refractivity contribution >= 4 is 124 Å². The minimum atomic E-state index is -0.455. The molecule has 0 saturated heterocycles. The number of furan rings is 1. The van der Waals surface area contributed by atoms with Crippen molar-refractivity contribution in [3.05, 3.63) is 357 Å². The van der Waals surface area contributed by atoms with Gasteiger partial charge in [0.15, 0.2) is 0 Å². The van der Waals surface area contributed by atoms with Crippen molar-refractivity contribution in [1.29, 1.82) is 0 Å². The molecule has 16 aromatic carbocycles. The van der Waals surface area contributed by atoms with Crippen LogP contribution in [0, 0.1) is 0 Å². The largest absolute Gasteiger partial charge is 0.459 e. The average molecular weight is 1380 g/mol. The van der Waals surface area contributed by atoms with Gasteiger partial charge in [-0.05, 0) is 126 Å². The fourth-order valence-electron chi connectivity index (χ4n) is 18.2. The maximum Gasteiger partial charge on any atom is 0.260 e. The van der Waals surface area contributed by atoms with E-state index in [9.17, 15) is 0 Å². The third kappa shape index (κ3) is 9.36. The molecule has 0 atom stereocenters. The number of hydrogen-bond acceptors (Lipinski definition) is 5. The van der Waals surface area contributed by atoms with Gasteiger partial charge in [-0.3, -0.25) is 0 Å². The van der Waals surface area contributed by atoms with Crippen molar-refractivity contribution in [3.8, 4) is 95.4 Å². The van der Waals surface area contributed by atoms with Crippen molar-refractivity contribution in [2.45, 2.75) is 26.2 Å². The smallest absolute Gasteiger partial charge is 0.260 e. The van der Waals surface area contributed by atoms with Crippen molar-refractivity contribution in [2.75, 3.05) is 9.80 Å². The van der Waals surface area contributed by atoms with Gasteiger partial charge >= 0.3 is 0 Å². The highest BCUT2D eigenvalue weighted by atomic mass is 16.5. The van der Waals surface area contributed by atoms with E-state index in [1.54, 1.807) is 0 Å². The zero-order chi connectivity index (χ0) is 71.5. The molecule has 0 radical (unpaired) electrons. The summed E-state index contributed by atoms with van der Waals surface area (Å²) in [5.74, 6) is 3.06. The normalized spacial score (nSPS) is 13.0. The van der Waals surface area contributed by atoms with Gasteiger partial charge in [0.2, 0.25) is 0 Å². The lowest BCUT2D eigenvalue weighted by Crippen LogP contribution is -2.65. The van der Waals surface area contributed by atoms with Crippen LogP contribution in [0.5, 0.6) is 23.0 Å². The van der Waals surface area contributed by atoms with Crippen LogP contribution in [0.4, 0.5) is 34.1 Å². The maximum absolute atomic E-state index is 8.28. The minimum absolute atomic E-state index is 0.379. The molecule has 0 fully saturated rings. The first-order valence-corrected chi connectivity index (χ1v) is 37.4. The van der Waals surface area contributed by atoms with Gasteiger partial charge in [0, 0.05) is 83.9 Å². The van der Waals surface area contributed by atoms with E-state index in [0.29, 0.717) is 0 Å². The van der Waals surface area contributed by atoms with Crippen LogP contribution in [-0.2, 0) is 5.41 Å². The molecule has 6 heterocycles. The topological polar surface area (TPSA) is 43.0 Å². The molecule has 4 aliphatic rings. The van der Waals surface area contributed by atoms with E-state index in [0.717, 1.165) is 195 Å². The summed E-state index contributed by atoms with van der Waals surface area (Å²) in [6.45, 7) is 6.27. The third-order valence-electron chi connectivity index (χ3n) is 23.0. The van der Waals surface area contributed by atoms with Crippen molar-refractivity contribution < 1.29 is 13.9 Å². The van der Waals surface area contributed by atoms with Crippen molar-refractivity contribution in [2.24, 2.45) is 0 Å². The van der Waals surface area contributed by atoms with E-state index in [-0.39, 0.29) is 12.1 Å². The molecule has 4 aliphatic heterocycles. The molecule has 18 aromatic rings. The number of benzene rings is 16. The van der Waals surface area contributed by atoms with E-state index in [4.69, 9.17) is 13.9 Å². The summed E-state index contributed by atoms with van der Waals surface area (Å²) in [6, 6.07) is 129. The van der Waals surface area contributed by atoms with E-state index in [1.165, 1.54) is 16.3 Å². The van der Waals surface area contributed by atoms with Gasteiger partial charge in [0.25, 0.3) is 13.4 Å². The van der Waals surface area contributed by atoms with Crippen LogP contribution in [0.2, 0.25) is 0 Å². The first-order chi connectivity index (χ1) is 53.3. The van der Waals surface area contributed by atoms with Crippen LogP contribution in [0.3, 0.4) is 0 Å². The quantitative estimate of drug-likeness (QED) is 0.135. The second-order valence-electron chi connectivity index (χ2n) is 30.1. The van der Waals surface area contributed by atoms with Gasteiger partial charge in [-0.2, -0.15) is 0 Å². The summed E-state index contributed by atoms with van der Waals surface area (Å²) in [7, 11) is 0. The van der Waals surface area contributed by atoms with Crippen LogP contribution in [-0.4, -0.2) is 18.0 Å². The highest BCUT2D eigenvalue weighted by molar-refractivity contribution is 7.03. The number of para-hydroxylation sites is 5. The number of nitrogens with zero attached hydrogens (tertiary/aromatic N) is 3. The molecule has 0 aliphatic carbocycles. The number of aromatic nitrogens is 1. The summed E-state index contributed by atoms with van der Waals surface area (Å²) in [6.07, 6.45) is 0. The van der Waals surface area contributed by atoms with E-state index < -0.39 is 6.71 Å². The second-order valence-corrected chi connectivity index (χ2v) is 30.1. The Kier molecular flexibility index (Phi) is 13.7. The molecule has 506 valence electrons. The standard InChI is InChI=1S/C100H67B2N3O3/c1-100(2,3)69-57-85-92-86(58-69)105(96-73(65-36-16-7-17-37-65)47-29-48-74(96)66-38-18-8-19-39-66)87-61-90-94-99(107-89-56-68(62-30-10-4-11-31-62)52-54-80(89)101(94)81-60-78(67-40-20-9-21-41-67)97-91(98(81)108-90)77-44-24-27-51-88(77)106-97)93(87)102(92)79-55-53-70(103-82-49-25-22-42-75(82)76-43-23-26-50-83(76)103)59-84(79)104(85)95-71(63-32-12-5-13-33-63)45-28-46-72(95)64-34-14-6-15-35-64/h4-61H,1-3H3. The van der Waals surface area contributed by atoms with Crippen molar-refractivity contribution in [3.63, 3.8) is 0 Å². The number of ether oxygens (including phenoxy) is 2. The highest BCUT2D eigenvalue weighted by Gasteiger charge is 2.52. The van der Waals surface area contributed by atoms with Gasteiger partial charge in [-0.25, -0.2) is 0 Å². The molecule has 22 rings (SSSR count). The van der Waals surface area contributed by atoms with Gasteiger partial charge in [0.1, 0.15) is 34.2 Å². The van der Waals surface area contributed by atoms with Gasteiger partial charge < -0.3 is 28.3 Å². The Morgan fingerprint density at radius 2 is 0.750 bits per heavy atom. The highest BCUT2D eigenvalue weighted by Crippen LogP contribution is 2.56. The Bertz CT molecular complexity index is 6560. The lowest BCUT2D eigenvalue weighted by atomic mass is 9.30. The zero-order valence-corrected chi connectivity index (χ0v) is 59.7. The Morgan fingerprint density at radius 3 is 1.29 bits per heavy atom. The van der Waals surface area contributed by atoms with Gasteiger partial charge in [0.05, 0.1) is 27.8 Å². The summed E-state index contributed by atoms with van der Waals surface area (Å²) in [5.41, 5.74) is 31.4. The molecule has 6 nitrogen and oxygen atoms in total. The van der Waals surface area contributed by atoms with Crippen LogP contribution in [0.15, 0.2) is 356 Å². The molecule has 108 heavy (non-hydrogen) atoms. The van der Waals surface area contributed by atoms with Gasteiger partial charge in [-0.1, -0.05) is 318 Å². The summed E-state index contributed by atoms with van der Waals surface area (Å²) >= 11 is 0. The zero-order valence-electron chi connectivity index (χ0n) is 59.7. The number of anilines is 6. The number of fused-ring (bicyclic) bond motifs is 16. The second kappa shape index (κ2) is 24.0. The van der Waals surface area contributed by atoms with Crippen molar-refractivity contribution in [1.82, 2.24) is 4.57 Å². The van der Waals surface area contributed by atoms with Crippen LogP contribution in [0.25, 0.3) is 116 Å². The predicted molar refractivity (Wildman–Crippen MR) is 451 cm³/mol. The molecule has 2 aromatic heterocycles. The average Bonchev–Trinajstić information content (AvgIpc) is 0.747. The summed E-state index contributed by atoms with van der Waals surface area (Å²) in [5, 5.41) is 4.33. The predicted octanol–water partition coefficient (Wildman–Crippen LogP) is 22.8. The lowest BCUT2D eigenvalue weighted by Gasteiger charge is -2.48. The Morgan fingerprint density at radius 1 is 0.296 bits per heavy atom. The van der Waals surface area contributed by atoms with Crippen LogP contribution < -0.4 is 52.1 Å². The van der Waals surface area contributed by atoms with Crippen LogP contribution >= 0.6 is 0 Å². The molecular weight excluding hydrogens is 1310 g/mol. The Balaban J connectivity index is 0.930. The molecule has 0 unspecified atom stereocenters. The van der Waals surface area contributed by atoms with E-state index >= 15 is 0 Å². The summed E-state index contributed by atoms with van der Waals surface area (Å²) in [4.78, 5) is 5.30. The minimum Gasteiger partial charge on any atom is -0.459 e. The maximum atomic E-state index is 8.28. The number of rotatable bonds is 9. The van der Waals surface area contributed by atoms with Gasteiger partial charge in [-0.15, -0.1) is 0 Å². The molecule has 0 saturated carbocycles. The third-order valence-corrected chi connectivity index (χ3v) is 23.0. The van der Waals surface area contributed by atoms with E-state index in [1.807, 2.05) is 0 Å². The SMILES string of the molecule is CC(C)(C)c1cc2c3c(c1)N(c1c(-c4ccccc4)cccc1-c1ccccc1)c1cc4c5c(c1B3c1ccc(-n3c6ccccc6c6ccccc63)cc1N2c1c(-c2ccccc2)cccc1-c1ccccc1)Oc1cc(-c2ccccc2)ccc1B5c1cc(-c2ccccc2)c2oc3ccccc3c2c1O4. The summed E-state index contributed by atoms with van der Waals surface area (Å²) < 4.78 is 25.9. The molecule has 0 amide bonds. The molecule has 0 N–H and O–H groups in total. The monoisotopic (exact) mass is 1380 g/mol. The van der Waals surface area contributed by atoms with Crippen LogP contribution in [0.1, 0.15) is 26.3 Å². The first kappa shape index (κ1) is 61.9. The first-order valence-electron chi connectivity index (χ1n) is 37.4. The molecular formula is C100H67B2N3O3. The molecule has 8 heteroatoms. The molecule has 0 bridgehead atoms.